The van der Waals surface area contributed by atoms with Gasteiger partial charge in [0.1, 0.15) is 5.82 Å². The van der Waals surface area contributed by atoms with Gasteiger partial charge in [0.2, 0.25) is 0 Å². The highest BCUT2D eigenvalue weighted by atomic mass is 79.9. The fraction of sp³-hybridized carbons (Fsp3) is 0.231. The number of anilines is 1. The fourth-order valence-corrected chi connectivity index (χ4v) is 2.00. The molecule has 2 rings (SSSR count). The Hall–Kier alpha value is -1.46. The summed E-state index contributed by atoms with van der Waals surface area (Å²) < 4.78 is 1.04. The minimum absolute atomic E-state index is 0.578. The van der Waals surface area contributed by atoms with E-state index in [9.17, 15) is 0 Å². The number of halogens is 1. The van der Waals surface area contributed by atoms with Crippen molar-refractivity contribution in [3.05, 3.63) is 40.4 Å². The number of hydrogen-bond donors (Lipinski definition) is 2. The highest BCUT2D eigenvalue weighted by molar-refractivity contribution is 9.10. The van der Waals surface area contributed by atoms with E-state index in [2.05, 4.69) is 44.4 Å². The van der Waals surface area contributed by atoms with E-state index in [1.54, 1.807) is 0 Å². The number of benzene rings is 1. The van der Waals surface area contributed by atoms with Gasteiger partial charge in [0.15, 0.2) is 0 Å². The van der Waals surface area contributed by atoms with Gasteiger partial charge in [-0.1, -0.05) is 22.0 Å². The lowest BCUT2D eigenvalue weighted by Crippen LogP contribution is -2.14. The summed E-state index contributed by atoms with van der Waals surface area (Å²) in [6.07, 6.45) is 0. The second kappa shape index (κ2) is 5.93. The van der Waals surface area contributed by atoms with Crippen LogP contribution in [0.15, 0.2) is 34.8 Å². The predicted octanol–water partition coefficient (Wildman–Crippen LogP) is 2.59. The molecule has 5 heteroatoms. The number of hydrogen-bond acceptors (Lipinski definition) is 4. The van der Waals surface area contributed by atoms with Crippen molar-refractivity contribution in [3.8, 4) is 11.3 Å². The summed E-state index contributed by atoms with van der Waals surface area (Å²) in [7, 11) is 0. The van der Waals surface area contributed by atoms with Crippen LogP contribution in [0.1, 0.15) is 5.56 Å². The molecule has 4 nitrogen and oxygen atoms in total. The average Bonchev–Trinajstić information content (AvgIpc) is 2.40. The van der Waals surface area contributed by atoms with E-state index in [1.807, 2.05) is 24.3 Å². The zero-order valence-electron chi connectivity index (χ0n) is 10.2. The summed E-state index contributed by atoms with van der Waals surface area (Å²) in [6.45, 7) is 3.34. The van der Waals surface area contributed by atoms with E-state index < -0.39 is 0 Å². The second-order valence-corrected chi connectivity index (χ2v) is 4.89. The van der Waals surface area contributed by atoms with Gasteiger partial charge in [-0.2, -0.15) is 0 Å². The molecule has 1 heterocycles. The SMILES string of the molecule is Cc1ccc(Br)cc1-c1ccc(NCCN)nn1. The van der Waals surface area contributed by atoms with Crippen LogP contribution in [0.25, 0.3) is 11.3 Å². The average molecular weight is 307 g/mol. The van der Waals surface area contributed by atoms with Crippen molar-refractivity contribution in [1.82, 2.24) is 10.2 Å². The Bertz CT molecular complexity index is 525. The van der Waals surface area contributed by atoms with Gasteiger partial charge < -0.3 is 11.1 Å². The molecule has 0 amide bonds. The number of nitrogens with two attached hydrogens (primary N) is 1. The van der Waals surface area contributed by atoms with E-state index in [1.165, 1.54) is 5.56 Å². The van der Waals surface area contributed by atoms with E-state index >= 15 is 0 Å². The Morgan fingerprint density at radius 1 is 1.22 bits per heavy atom. The molecule has 2 aromatic rings. The molecule has 0 fully saturated rings. The van der Waals surface area contributed by atoms with Crippen LogP contribution < -0.4 is 11.1 Å². The first-order valence-electron chi connectivity index (χ1n) is 5.75. The van der Waals surface area contributed by atoms with Gasteiger partial charge in [-0.25, -0.2) is 0 Å². The Kier molecular flexibility index (Phi) is 4.28. The summed E-state index contributed by atoms with van der Waals surface area (Å²) in [4.78, 5) is 0. The molecule has 94 valence electrons. The van der Waals surface area contributed by atoms with E-state index in [4.69, 9.17) is 5.73 Å². The molecule has 0 bridgehead atoms. The molecular formula is C13H15BrN4. The maximum atomic E-state index is 5.42. The van der Waals surface area contributed by atoms with Gasteiger partial charge in [0.25, 0.3) is 0 Å². The largest absolute Gasteiger partial charge is 0.367 e. The third-order valence-corrected chi connectivity index (χ3v) is 3.08. The van der Waals surface area contributed by atoms with Crippen LogP contribution in [0.5, 0.6) is 0 Å². The first kappa shape index (κ1) is 13.0. The molecule has 0 spiro atoms. The maximum Gasteiger partial charge on any atom is 0.148 e. The van der Waals surface area contributed by atoms with E-state index in [0.29, 0.717) is 13.1 Å². The lowest BCUT2D eigenvalue weighted by molar-refractivity contribution is 0.973. The smallest absolute Gasteiger partial charge is 0.148 e. The molecule has 0 saturated carbocycles. The molecule has 0 saturated heterocycles. The lowest BCUT2D eigenvalue weighted by Gasteiger charge is -2.07. The van der Waals surface area contributed by atoms with Gasteiger partial charge in [-0.15, -0.1) is 10.2 Å². The van der Waals surface area contributed by atoms with Crippen molar-refractivity contribution in [2.75, 3.05) is 18.4 Å². The van der Waals surface area contributed by atoms with Crippen LogP contribution in [0, 0.1) is 6.92 Å². The van der Waals surface area contributed by atoms with Crippen molar-refractivity contribution in [1.29, 1.82) is 0 Å². The lowest BCUT2D eigenvalue weighted by atomic mass is 10.1. The summed E-state index contributed by atoms with van der Waals surface area (Å²) >= 11 is 3.47. The molecule has 1 aromatic heterocycles. The van der Waals surface area contributed by atoms with Gasteiger partial charge in [-0.05, 0) is 36.8 Å². The van der Waals surface area contributed by atoms with E-state index in [0.717, 1.165) is 21.5 Å². The zero-order valence-corrected chi connectivity index (χ0v) is 11.7. The first-order chi connectivity index (χ1) is 8.70. The third kappa shape index (κ3) is 3.05. The third-order valence-electron chi connectivity index (χ3n) is 2.59. The standard InChI is InChI=1S/C13H15BrN4/c1-9-2-3-10(14)8-11(9)12-4-5-13(18-17-12)16-7-6-15/h2-5,8H,6-7,15H2,1H3,(H,16,18). The van der Waals surface area contributed by atoms with Crippen LogP contribution in [-0.4, -0.2) is 23.3 Å². The molecule has 0 unspecified atom stereocenters. The van der Waals surface area contributed by atoms with Crippen molar-refractivity contribution in [2.24, 2.45) is 5.73 Å². The topological polar surface area (TPSA) is 63.8 Å². The molecule has 0 aliphatic rings. The van der Waals surface area contributed by atoms with Crippen molar-refractivity contribution >= 4 is 21.7 Å². The monoisotopic (exact) mass is 306 g/mol. The summed E-state index contributed by atoms with van der Waals surface area (Å²) in [5.74, 6) is 0.747. The molecule has 0 aliphatic carbocycles. The highest BCUT2D eigenvalue weighted by Crippen LogP contribution is 2.25. The van der Waals surface area contributed by atoms with Gasteiger partial charge in [0.05, 0.1) is 5.69 Å². The highest BCUT2D eigenvalue weighted by Gasteiger charge is 2.05. The van der Waals surface area contributed by atoms with Gasteiger partial charge in [0, 0.05) is 23.1 Å². The molecule has 0 radical (unpaired) electrons. The van der Waals surface area contributed by atoms with Crippen LogP contribution in [0.4, 0.5) is 5.82 Å². The van der Waals surface area contributed by atoms with Crippen molar-refractivity contribution in [3.63, 3.8) is 0 Å². The Balaban J connectivity index is 2.25. The number of rotatable bonds is 4. The number of nitrogens with zero attached hydrogens (tertiary/aromatic N) is 2. The zero-order chi connectivity index (χ0) is 13.0. The molecule has 18 heavy (non-hydrogen) atoms. The Morgan fingerprint density at radius 2 is 2.06 bits per heavy atom. The predicted molar refractivity (Wildman–Crippen MR) is 77.4 cm³/mol. The van der Waals surface area contributed by atoms with Crippen LogP contribution in [-0.2, 0) is 0 Å². The molecular weight excluding hydrogens is 292 g/mol. The van der Waals surface area contributed by atoms with Crippen LogP contribution >= 0.6 is 15.9 Å². The summed E-state index contributed by atoms with van der Waals surface area (Å²) in [5.41, 5.74) is 8.55. The fourth-order valence-electron chi connectivity index (χ4n) is 1.64. The summed E-state index contributed by atoms with van der Waals surface area (Å²) in [5, 5.41) is 11.5. The Labute approximate surface area is 115 Å². The second-order valence-electron chi connectivity index (χ2n) is 3.98. The van der Waals surface area contributed by atoms with Crippen molar-refractivity contribution < 1.29 is 0 Å². The van der Waals surface area contributed by atoms with Crippen LogP contribution in [0.2, 0.25) is 0 Å². The quantitative estimate of drug-likeness (QED) is 0.911. The molecule has 0 aliphatic heterocycles. The first-order valence-corrected chi connectivity index (χ1v) is 6.54. The number of nitrogens with one attached hydrogen (secondary N) is 1. The Morgan fingerprint density at radius 3 is 2.72 bits per heavy atom. The van der Waals surface area contributed by atoms with Crippen LogP contribution in [0.3, 0.4) is 0 Å². The number of aryl methyl sites for hydroxylation is 1. The maximum absolute atomic E-state index is 5.42. The minimum atomic E-state index is 0.578. The number of aromatic nitrogens is 2. The summed E-state index contributed by atoms with van der Waals surface area (Å²) in [6, 6.07) is 10.00. The van der Waals surface area contributed by atoms with Gasteiger partial charge in [-0.3, -0.25) is 0 Å². The molecule has 3 N–H and O–H groups in total. The normalized spacial score (nSPS) is 10.4. The minimum Gasteiger partial charge on any atom is -0.367 e. The van der Waals surface area contributed by atoms with Crippen molar-refractivity contribution in [2.45, 2.75) is 6.92 Å². The molecule has 1 aromatic carbocycles. The molecule has 0 atom stereocenters. The van der Waals surface area contributed by atoms with Gasteiger partial charge >= 0.3 is 0 Å². The van der Waals surface area contributed by atoms with E-state index in [-0.39, 0.29) is 0 Å².